The molecule has 3 rings (SSSR count). The molecule has 0 aliphatic carbocycles. The molecule has 0 radical (unpaired) electrons. The van der Waals surface area contributed by atoms with Crippen LogP contribution in [0.25, 0.3) is 0 Å². The van der Waals surface area contributed by atoms with Crippen molar-refractivity contribution in [3.63, 3.8) is 0 Å². The predicted octanol–water partition coefficient (Wildman–Crippen LogP) is 2.65. The van der Waals surface area contributed by atoms with Gasteiger partial charge in [0, 0.05) is 37.3 Å². The molecule has 1 amide bonds. The molecule has 2 aromatic rings. The van der Waals surface area contributed by atoms with Crippen molar-refractivity contribution < 1.29 is 18.1 Å². The summed E-state index contributed by atoms with van der Waals surface area (Å²) in [7, 11) is -3.88. The second kappa shape index (κ2) is 8.26. The Balaban J connectivity index is 1.68. The number of carbonyl (C=O) groups is 1. The van der Waals surface area contributed by atoms with E-state index in [1.165, 1.54) is 16.4 Å². The maximum atomic E-state index is 13.0. The number of anilines is 1. The van der Waals surface area contributed by atoms with Crippen molar-refractivity contribution in [2.75, 3.05) is 18.4 Å². The smallest absolute Gasteiger partial charge is 0.270 e. The summed E-state index contributed by atoms with van der Waals surface area (Å²) in [5, 5.41) is 13.8. The molecule has 10 heteroatoms. The summed E-state index contributed by atoms with van der Waals surface area (Å²) in [6.07, 6.45) is 2.39. The van der Waals surface area contributed by atoms with Crippen molar-refractivity contribution in [1.29, 1.82) is 0 Å². The van der Waals surface area contributed by atoms with Crippen LogP contribution in [0, 0.1) is 29.9 Å². The monoisotopic (exact) mass is 418 g/mol. The standard InChI is InChI=1S/C19H22N4O5S/c1-13-3-6-18(20-12-13)21-19(24)15-7-9-22(10-8-15)29(27,28)17-11-16(23(25)26)5-4-14(17)2/h3-6,11-12,15H,7-10H2,1-2H3,(H,20,21,24). The number of piperidine rings is 1. The van der Waals surface area contributed by atoms with Crippen LogP contribution in [-0.2, 0) is 14.8 Å². The lowest BCUT2D eigenvalue weighted by molar-refractivity contribution is -0.385. The first-order valence-electron chi connectivity index (χ1n) is 9.17. The minimum absolute atomic E-state index is 0.0709. The highest BCUT2D eigenvalue weighted by Crippen LogP contribution is 2.28. The summed E-state index contributed by atoms with van der Waals surface area (Å²) >= 11 is 0. The molecule has 154 valence electrons. The van der Waals surface area contributed by atoms with Gasteiger partial charge < -0.3 is 5.32 Å². The molecular formula is C19H22N4O5S. The fraction of sp³-hybridized carbons (Fsp3) is 0.368. The van der Waals surface area contributed by atoms with Crippen molar-refractivity contribution in [3.05, 3.63) is 57.8 Å². The van der Waals surface area contributed by atoms with Crippen LogP contribution in [0.2, 0.25) is 0 Å². The third-order valence-corrected chi connectivity index (χ3v) is 7.03. The van der Waals surface area contributed by atoms with Crippen LogP contribution in [-0.4, -0.2) is 41.6 Å². The van der Waals surface area contributed by atoms with Crippen molar-refractivity contribution >= 4 is 27.4 Å². The first-order valence-corrected chi connectivity index (χ1v) is 10.6. The molecule has 2 heterocycles. The molecule has 1 N–H and O–H groups in total. The van der Waals surface area contributed by atoms with Crippen LogP contribution in [0.15, 0.2) is 41.4 Å². The fourth-order valence-corrected chi connectivity index (χ4v) is 4.96. The third kappa shape index (κ3) is 4.60. The number of nitrogens with one attached hydrogen (secondary N) is 1. The van der Waals surface area contributed by atoms with Crippen molar-refractivity contribution in [2.24, 2.45) is 5.92 Å². The summed E-state index contributed by atoms with van der Waals surface area (Å²) in [6.45, 7) is 3.84. The number of benzene rings is 1. The summed E-state index contributed by atoms with van der Waals surface area (Å²) in [5.41, 5.74) is 1.16. The van der Waals surface area contributed by atoms with Crippen LogP contribution >= 0.6 is 0 Å². The highest BCUT2D eigenvalue weighted by molar-refractivity contribution is 7.89. The summed E-state index contributed by atoms with van der Waals surface area (Å²) in [4.78, 5) is 26.9. The average molecular weight is 418 g/mol. The molecule has 0 atom stereocenters. The Hall–Kier alpha value is -2.85. The van der Waals surface area contributed by atoms with Gasteiger partial charge in [-0.3, -0.25) is 14.9 Å². The van der Waals surface area contributed by atoms with E-state index in [2.05, 4.69) is 10.3 Å². The number of carbonyl (C=O) groups excluding carboxylic acids is 1. The van der Waals surface area contributed by atoms with E-state index in [1.54, 1.807) is 19.2 Å². The molecule has 1 aromatic heterocycles. The minimum atomic E-state index is -3.88. The number of nitrogens with zero attached hydrogens (tertiary/aromatic N) is 3. The van der Waals surface area contributed by atoms with Gasteiger partial charge in [-0.05, 0) is 43.9 Å². The number of rotatable bonds is 5. The van der Waals surface area contributed by atoms with Gasteiger partial charge in [0.1, 0.15) is 5.82 Å². The predicted molar refractivity (Wildman–Crippen MR) is 107 cm³/mol. The van der Waals surface area contributed by atoms with Gasteiger partial charge in [-0.15, -0.1) is 0 Å². The lowest BCUT2D eigenvalue weighted by Gasteiger charge is -2.30. The number of hydrogen-bond donors (Lipinski definition) is 1. The minimum Gasteiger partial charge on any atom is -0.310 e. The van der Waals surface area contributed by atoms with Crippen LogP contribution in [0.5, 0.6) is 0 Å². The Morgan fingerprint density at radius 1 is 1.21 bits per heavy atom. The van der Waals surface area contributed by atoms with Crippen LogP contribution in [0.1, 0.15) is 24.0 Å². The van der Waals surface area contributed by atoms with Gasteiger partial charge >= 0.3 is 0 Å². The number of hydrogen-bond acceptors (Lipinski definition) is 6. The van der Waals surface area contributed by atoms with Crippen LogP contribution in [0.3, 0.4) is 0 Å². The zero-order valence-corrected chi connectivity index (χ0v) is 17.0. The Bertz CT molecular complexity index is 1030. The SMILES string of the molecule is Cc1ccc(NC(=O)C2CCN(S(=O)(=O)c3cc([N+](=O)[O-])ccc3C)CC2)nc1. The molecule has 29 heavy (non-hydrogen) atoms. The topological polar surface area (TPSA) is 123 Å². The quantitative estimate of drug-likeness (QED) is 0.588. The van der Waals surface area contributed by atoms with E-state index in [1.807, 2.05) is 13.0 Å². The van der Waals surface area contributed by atoms with Crippen molar-refractivity contribution in [2.45, 2.75) is 31.6 Å². The van der Waals surface area contributed by atoms with Crippen molar-refractivity contribution in [1.82, 2.24) is 9.29 Å². The fourth-order valence-electron chi connectivity index (χ4n) is 3.25. The zero-order valence-electron chi connectivity index (χ0n) is 16.2. The Labute approximate surface area is 169 Å². The van der Waals surface area contributed by atoms with Gasteiger partial charge in [-0.25, -0.2) is 13.4 Å². The van der Waals surface area contributed by atoms with Gasteiger partial charge in [0.2, 0.25) is 15.9 Å². The lowest BCUT2D eigenvalue weighted by atomic mass is 9.97. The maximum Gasteiger partial charge on any atom is 0.270 e. The Morgan fingerprint density at radius 3 is 2.48 bits per heavy atom. The number of sulfonamides is 1. The van der Waals surface area contributed by atoms with Crippen LogP contribution < -0.4 is 5.32 Å². The van der Waals surface area contributed by atoms with E-state index in [-0.39, 0.29) is 35.5 Å². The van der Waals surface area contributed by atoms with Gasteiger partial charge in [0.15, 0.2) is 0 Å². The highest BCUT2D eigenvalue weighted by Gasteiger charge is 2.33. The average Bonchev–Trinajstić information content (AvgIpc) is 2.69. The van der Waals surface area contributed by atoms with E-state index in [0.717, 1.165) is 11.6 Å². The molecule has 1 aromatic carbocycles. The Kier molecular flexibility index (Phi) is 5.94. The normalized spacial score (nSPS) is 15.8. The molecule has 1 fully saturated rings. The number of nitro groups is 1. The largest absolute Gasteiger partial charge is 0.310 e. The zero-order chi connectivity index (χ0) is 21.2. The Morgan fingerprint density at radius 2 is 1.90 bits per heavy atom. The molecule has 0 saturated carbocycles. The van der Waals surface area contributed by atoms with Gasteiger partial charge in [-0.2, -0.15) is 4.31 Å². The first kappa shape index (κ1) is 20.9. The number of aryl methyl sites for hydroxylation is 2. The molecule has 0 spiro atoms. The first-order chi connectivity index (χ1) is 13.7. The van der Waals surface area contributed by atoms with Crippen molar-refractivity contribution in [3.8, 4) is 0 Å². The van der Waals surface area contributed by atoms with Gasteiger partial charge in [-0.1, -0.05) is 12.1 Å². The van der Waals surface area contributed by atoms with E-state index < -0.39 is 14.9 Å². The number of pyridine rings is 1. The summed E-state index contributed by atoms with van der Waals surface area (Å²) in [5.74, 6) is -0.0523. The van der Waals surface area contributed by atoms with E-state index in [9.17, 15) is 23.3 Å². The van der Waals surface area contributed by atoms with E-state index in [0.29, 0.717) is 24.2 Å². The van der Waals surface area contributed by atoms with E-state index >= 15 is 0 Å². The number of amides is 1. The van der Waals surface area contributed by atoms with Gasteiger partial charge in [0.25, 0.3) is 5.69 Å². The second-order valence-corrected chi connectivity index (χ2v) is 9.00. The van der Waals surface area contributed by atoms with Crippen LogP contribution in [0.4, 0.5) is 11.5 Å². The molecule has 1 saturated heterocycles. The number of nitro benzene ring substituents is 1. The highest BCUT2D eigenvalue weighted by atomic mass is 32.2. The number of aromatic nitrogens is 1. The lowest BCUT2D eigenvalue weighted by Crippen LogP contribution is -2.41. The van der Waals surface area contributed by atoms with Gasteiger partial charge in [0.05, 0.1) is 9.82 Å². The molecule has 1 aliphatic rings. The van der Waals surface area contributed by atoms with E-state index in [4.69, 9.17) is 0 Å². The second-order valence-electron chi connectivity index (χ2n) is 7.10. The summed E-state index contributed by atoms with van der Waals surface area (Å²) in [6, 6.07) is 7.37. The number of non-ortho nitro benzene ring substituents is 1. The molecule has 1 aliphatic heterocycles. The molecule has 0 bridgehead atoms. The molecule has 9 nitrogen and oxygen atoms in total. The maximum absolute atomic E-state index is 13.0. The summed E-state index contributed by atoms with van der Waals surface area (Å²) < 4.78 is 27.2. The molecule has 0 unspecified atom stereocenters. The third-order valence-electron chi connectivity index (χ3n) is 4.99. The molecular weight excluding hydrogens is 396 g/mol.